The molecule has 0 unspecified atom stereocenters. The molecule has 0 spiro atoms. The zero-order valence-electron chi connectivity index (χ0n) is 14.4. The fraction of sp³-hybridized carbons (Fsp3) is 0.381. The van der Waals surface area contributed by atoms with E-state index in [-0.39, 0.29) is 6.03 Å². The Labute approximate surface area is 153 Å². The Morgan fingerprint density at radius 3 is 2.48 bits per heavy atom. The summed E-state index contributed by atoms with van der Waals surface area (Å²) in [6.07, 6.45) is 6.33. The van der Waals surface area contributed by atoms with Crippen LogP contribution in [0.2, 0.25) is 0 Å². The summed E-state index contributed by atoms with van der Waals surface area (Å²) in [5.41, 5.74) is 3.49. The van der Waals surface area contributed by atoms with Crippen LogP contribution in [0.15, 0.2) is 53.4 Å². The van der Waals surface area contributed by atoms with Gasteiger partial charge in [-0.15, -0.1) is 11.8 Å². The first-order valence-corrected chi connectivity index (χ1v) is 10.1. The highest BCUT2D eigenvalue weighted by Crippen LogP contribution is 2.35. The molecule has 0 radical (unpaired) electrons. The highest BCUT2D eigenvalue weighted by molar-refractivity contribution is 8.00. The molecule has 3 nitrogen and oxygen atoms in total. The number of nitrogens with zero attached hydrogens (tertiary/aromatic N) is 1. The second-order valence-electron chi connectivity index (χ2n) is 6.92. The van der Waals surface area contributed by atoms with Gasteiger partial charge in [0.15, 0.2) is 0 Å². The van der Waals surface area contributed by atoms with Crippen LogP contribution in [0.3, 0.4) is 0 Å². The minimum absolute atomic E-state index is 0.00861. The van der Waals surface area contributed by atoms with Crippen molar-refractivity contribution in [3.05, 3.63) is 59.7 Å². The van der Waals surface area contributed by atoms with Crippen LogP contribution in [0, 0.1) is 0 Å². The van der Waals surface area contributed by atoms with E-state index < -0.39 is 0 Å². The molecular weight excluding hydrogens is 328 g/mol. The highest BCUT2D eigenvalue weighted by Gasteiger charge is 2.20. The first kappa shape index (κ1) is 16.5. The topological polar surface area (TPSA) is 32.3 Å². The third-order valence-corrected chi connectivity index (χ3v) is 6.48. The van der Waals surface area contributed by atoms with Crippen LogP contribution in [0.1, 0.15) is 36.8 Å². The molecule has 2 aromatic rings. The van der Waals surface area contributed by atoms with Crippen LogP contribution >= 0.6 is 11.8 Å². The smallest absolute Gasteiger partial charge is 0.320 e. The first-order valence-electron chi connectivity index (χ1n) is 9.17. The van der Waals surface area contributed by atoms with E-state index in [1.807, 2.05) is 34.9 Å². The average Bonchev–Trinajstić information content (AvgIpc) is 3.16. The number of carbonyl (C=O) groups is 1. The lowest BCUT2D eigenvalue weighted by Crippen LogP contribution is -2.38. The van der Waals surface area contributed by atoms with Crippen LogP contribution in [-0.4, -0.2) is 22.7 Å². The Kier molecular flexibility index (Phi) is 4.97. The maximum atomic E-state index is 12.6. The predicted molar refractivity (Wildman–Crippen MR) is 104 cm³/mol. The molecule has 4 rings (SSSR count). The van der Waals surface area contributed by atoms with E-state index >= 15 is 0 Å². The molecule has 1 N–H and O–H groups in total. The summed E-state index contributed by atoms with van der Waals surface area (Å²) in [6, 6.07) is 16.7. The van der Waals surface area contributed by atoms with Gasteiger partial charge in [-0.05, 0) is 54.7 Å². The maximum absolute atomic E-state index is 12.6. The molecule has 0 saturated heterocycles. The number of benzene rings is 2. The second-order valence-corrected chi connectivity index (χ2v) is 8.29. The van der Waals surface area contributed by atoms with Crippen LogP contribution in [0.5, 0.6) is 0 Å². The van der Waals surface area contributed by atoms with Crippen molar-refractivity contribution >= 4 is 23.5 Å². The molecule has 130 valence electrons. The molecular formula is C21H24N2OS. The SMILES string of the molecule is O=C(Nc1ccc(SC2CCCC2)cc1)N1CCc2ccccc2C1. The Bertz CT molecular complexity index is 738. The van der Waals surface area contributed by atoms with Crippen LogP contribution in [-0.2, 0) is 13.0 Å². The van der Waals surface area contributed by atoms with E-state index in [0.717, 1.165) is 23.9 Å². The van der Waals surface area contributed by atoms with Gasteiger partial charge in [-0.1, -0.05) is 37.1 Å². The summed E-state index contributed by atoms with van der Waals surface area (Å²) >= 11 is 1.98. The molecule has 1 aliphatic heterocycles. The second kappa shape index (κ2) is 7.52. The summed E-state index contributed by atoms with van der Waals surface area (Å²) in [4.78, 5) is 15.7. The van der Waals surface area contributed by atoms with Gasteiger partial charge in [-0.3, -0.25) is 0 Å². The van der Waals surface area contributed by atoms with Crippen LogP contribution < -0.4 is 5.32 Å². The zero-order chi connectivity index (χ0) is 17.1. The number of carbonyl (C=O) groups excluding carboxylic acids is 1. The molecule has 1 saturated carbocycles. The first-order chi connectivity index (χ1) is 12.3. The summed E-state index contributed by atoms with van der Waals surface area (Å²) in [6.45, 7) is 1.47. The van der Waals surface area contributed by atoms with Crippen molar-refractivity contribution in [2.24, 2.45) is 0 Å². The number of rotatable bonds is 3. The number of nitrogens with one attached hydrogen (secondary N) is 1. The average molecular weight is 353 g/mol. The monoisotopic (exact) mass is 352 g/mol. The van der Waals surface area contributed by atoms with Crippen molar-refractivity contribution < 1.29 is 4.79 Å². The summed E-state index contributed by atoms with van der Waals surface area (Å²) < 4.78 is 0. The molecule has 0 aromatic heterocycles. The predicted octanol–water partition coefficient (Wildman–Crippen LogP) is 5.31. The minimum atomic E-state index is -0.00861. The molecule has 2 aromatic carbocycles. The van der Waals surface area contributed by atoms with E-state index in [1.54, 1.807) is 0 Å². The molecule has 0 atom stereocenters. The van der Waals surface area contributed by atoms with Crippen molar-refractivity contribution in [2.45, 2.75) is 48.8 Å². The number of urea groups is 1. The van der Waals surface area contributed by atoms with Gasteiger partial charge in [0.25, 0.3) is 0 Å². The van der Waals surface area contributed by atoms with Crippen molar-refractivity contribution in [1.29, 1.82) is 0 Å². The standard InChI is InChI=1S/C21H24N2OS/c24-21(23-14-13-16-5-1-2-6-17(16)15-23)22-18-9-11-20(12-10-18)25-19-7-3-4-8-19/h1-2,5-6,9-12,19H,3-4,7-8,13-15H2,(H,22,24). The molecule has 1 aliphatic carbocycles. The maximum Gasteiger partial charge on any atom is 0.322 e. The third-order valence-electron chi connectivity index (χ3n) is 5.13. The van der Waals surface area contributed by atoms with Crippen molar-refractivity contribution in [3.8, 4) is 0 Å². The van der Waals surface area contributed by atoms with Crippen molar-refractivity contribution in [1.82, 2.24) is 4.90 Å². The lowest BCUT2D eigenvalue weighted by atomic mass is 10.0. The van der Waals surface area contributed by atoms with E-state index in [0.29, 0.717) is 6.54 Å². The lowest BCUT2D eigenvalue weighted by Gasteiger charge is -2.29. The van der Waals surface area contributed by atoms with Crippen LogP contribution in [0.25, 0.3) is 0 Å². The lowest BCUT2D eigenvalue weighted by molar-refractivity contribution is 0.206. The summed E-state index contributed by atoms with van der Waals surface area (Å²) in [7, 11) is 0. The molecule has 0 bridgehead atoms. The van der Waals surface area contributed by atoms with Crippen molar-refractivity contribution in [3.63, 3.8) is 0 Å². The fourth-order valence-electron chi connectivity index (χ4n) is 3.69. The van der Waals surface area contributed by atoms with Gasteiger partial charge in [-0.25, -0.2) is 4.79 Å². The summed E-state index contributed by atoms with van der Waals surface area (Å²) in [5, 5.41) is 3.81. The molecule has 25 heavy (non-hydrogen) atoms. The third kappa shape index (κ3) is 4.01. The fourth-order valence-corrected chi connectivity index (χ4v) is 4.93. The van der Waals surface area contributed by atoms with Gasteiger partial charge >= 0.3 is 6.03 Å². The zero-order valence-corrected chi connectivity index (χ0v) is 15.2. The van der Waals surface area contributed by atoms with E-state index in [9.17, 15) is 4.79 Å². The Morgan fingerprint density at radius 1 is 1.00 bits per heavy atom. The normalized spacial score (nSPS) is 17.4. The Morgan fingerprint density at radius 2 is 1.72 bits per heavy atom. The molecule has 1 fully saturated rings. The van der Waals surface area contributed by atoms with E-state index in [2.05, 4.69) is 35.6 Å². The number of anilines is 1. The quantitative estimate of drug-likeness (QED) is 0.812. The van der Waals surface area contributed by atoms with Gasteiger partial charge in [0.1, 0.15) is 0 Å². The van der Waals surface area contributed by atoms with Gasteiger partial charge in [-0.2, -0.15) is 0 Å². The van der Waals surface area contributed by atoms with Crippen LogP contribution in [0.4, 0.5) is 10.5 Å². The number of thioether (sulfide) groups is 1. The van der Waals surface area contributed by atoms with E-state index in [4.69, 9.17) is 0 Å². The van der Waals surface area contributed by atoms with Gasteiger partial charge in [0.2, 0.25) is 0 Å². The van der Waals surface area contributed by atoms with Gasteiger partial charge < -0.3 is 10.2 Å². The Hall–Kier alpha value is -1.94. The Balaban J connectivity index is 1.34. The molecule has 2 aliphatic rings. The van der Waals surface area contributed by atoms with Crippen molar-refractivity contribution in [2.75, 3.05) is 11.9 Å². The number of hydrogen-bond donors (Lipinski definition) is 1. The van der Waals surface area contributed by atoms with E-state index in [1.165, 1.54) is 41.7 Å². The summed E-state index contributed by atoms with van der Waals surface area (Å²) in [5.74, 6) is 0. The largest absolute Gasteiger partial charge is 0.322 e. The number of fused-ring (bicyclic) bond motifs is 1. The van der Waals surface area contributed by atoms with Gasteiger partial charge in [0, 0.05) is 28.9 Å². The minimum Gasteiger partial charge on any atom is -0.320 e. The number of amides is 2. The number of hydrogen-bond acceptors (Lipinski definition) is 2. The molecule has 1 heterocycles. The highest BCUT2D eigenvalue weighted by atomic mass is 32.2. The molecule has 2 amide bonds. The molecule has 4 heteroatoms. The van der Waals surface area contributed by atoms with Gasteiger partial charge in [0.05, 0.1) is 0 Å².